The monoisotopic (exact) mass is 266 g/mol. The van der Waals surface area contributed by atoms with Crippen LogP contribution < -0.4 is 5.32 Å². The van der Waals surface area contributed by atoms with E-state index in [0.717, 1.165) is 26.1 Å². The molecule has 2 unspecified atom stereocenters. The highest BCUT2D eigenvalue weighted by molar-refractivity contribution is 7.07. The zero-order valence-corrected chi connectivity index (χ0v) is 11.8. The van der Waals surface area contributed by atoms with Crippen LogP contribution in [0.1, 0.15) is 30.9 Å². The van der Waals surface area contributed by atoms with Crippen LogP contribution in [0.5, 0.6) is 0 Å². The second-order valence-corrected chi connectivity index (χ2v) is 6.29. The SMILES string of the molecule is CN1CCCC2(CC1)OCCNC2c1ccsc1. The first-order valence-electron chi connectivity index (χ1n) is 6.88. The molecule has 0 bridgehead atoms. The number of nitrogens with zero attached hydrogens (tertiary/aromatic N) is 1. The first-order valence-corrected chi connectivity index (χ1v) is 7.82. The number of likely N-dealkylation sites (tertiary alicyclic amines) is 1. The van der Waals surface area contributed by atoms with E-state index in [1.807, 2.05) is 0 Å². The van der Waals surface area contributed by atoms with Crippen LogP contribution in [0.3, 0.4) is 0 Å². The smallest absolute Gasteiger partial charge is 0.0889 e. The predicted molar refractivity (Wildman–Crippen MR) is 75.1 cm³/mol. The highest BCUT2D eigenvalue weighted by Crippen LogP contribution is 2.40. The molecule has 2 aliphatic rings. The van der Waals surface area contributed by atoms with E-state index in [4.69, 9.17) is 4.74 Å². The molecule has 1 aromatic rings. The summed E-state index contributed by atoms with van der Waals surface area (Å²) < 4.78 is 6.29. The van der Waals surface area contributed by atoms with E-state index < -0.39 is 0 Å². The molecule has 2 saturated heterocycles. The lowest BCUT2D eigenvalue weighted by Gasteiger charge is -2.44. The molecular formula is C14H22N2OS. The summed E-state index contributed by atoms with van der Waals surface area (Å²) in [5.74, 6) is 0. The summed E-state index contributed by atoms with van der Waals surface area (Å²) in [6, 6.07) is 2.62. The van der Waals surface area contributed by atoms with Crippen LogP contribution in [0.15, 0.2) is 16.8 Å². The summed E-state index contributed by atoms with van der Waals surface area (Å²) in [6.45, 7) is 4.16. The summed E-state index contributed by atoms with van der Waals surface area (Å²) in [7, 11) is 2.22. The number of thiophene rings is 1. The first-order chi connectivity index (χ1) is 8.80. The summed E-state index contributed by atoms with van der Waals surface area (Å²) in [5.41, 5.74) is 1.42. The lowest BCUT2D eigenvalue weighted by Crippen LogP contribution is -2.52. The average Bonchev–Trinajstić information content (AvgIpc) is 2.84. The lowest BCUT2D eigenvalue weighted by molar-refractivity contribution is -0.106. The summed E-state index contributed by atoms with van der Waals surface area (Å²) >= 11 is 1.78. The molecule has 2 fully saturated rings. The minimum Gasteiger partial charge on any atom is -0.372 e. The third-order valence-corrected chi connectivity index (χ3v) is 5.00. The third-order valence-electron chi connectivity index (χ3n) is 4.30. The second kappa shape index (κ2) is 5.29. The van der Waals surface area contributed by atoms with E-state index in [2.05, 4.69) is 34.1 Å². The van der Waals surface area contributed by atoms with Crippen LogP contribution in [0, 0.1) is 0 Å². The van der Waals surface area contributed by atoms with Gasteiger partial charge >= 0.3 is 0 Å². The Labute approximate surface area is 113 Å². The fourth-order valence-corrected chi connectivity index (χ4v) is 3.97. The van der Waals surface area contributed by atoms with Crippen LogP contribution in [0.25, 0.3) is 0 Å². The van der Waals surface area contributed by atoms with Gasteiger partial charge in [0.2, 0.25) is 0 Å². The van der Waals surface area contributed by atoms with Gasteiger partial charge in [0, 0.05) is 13.1 Å². The van der Waals surface area contributed by atoms with Gasteiger partial charge in [-0.3, -0.25) is 0 Å². The molecule has 1 aromatic heterocycles. The molecule has 2 aliphatic heterocycles. The van der Waals surface area contributed by atoms with Gasteiger partial charge in [-0.25, -0.2) is 0 Å². The van der Waals surface area contributed by atoms with Crippen LogP contribution in [-0.2, 0) is 4.74 Å². The van der Waals surface area contributed by atoms with Crippen LogP contribution in [-0.4, -0.2) is 43.8 Å². The van der Waals surface area contributed by atoms with Crippen LogP contribution in [0.2, 0.25) is 0 Å². The predicted octanol–water partition coefficient (Wildman–Crippen LogP) is 2.26. The largest absolute Gasteiger partial charge is 0.372 e. The van der Waals surface area contributed by atoms with Gasteiger partial charge in [0.05, 0.1) is 18.2 Å². The first kappa shape index (κ1) is 12.6. The van der Waals surface area contributed by atoms with Crippen molar-refractivity contribution < 1.29 is 4.74 Å². The molecule has 1 spiro atoms. The Kier molecular flexibility index (Phi) is 3.71. The van der Waals surface area contributed by atoms with Crippen LogP contribution >= 0.6 is 11.3 Å². The maximum atomic E-state index is 6.29. The molecule has 0 aliphatic carbocycles. The third kappa shape index (κ3) is 2.35. The second-order valence-electron chi connectivity index (χ2n) is 5.51. The van der Waals surface area contributed by atoms with Gasteiger partial charge in [-0.15, -0.1) is 0 Å². The zero-order valence-electron chi connectivity index (χ0n) is 11.0. The minimum absolute atomic E-state index is 0.0179. The van der Waals surface area contributed by atoms with Gasteiger partial charge in [0.1, 0.15) is 0 Å². The Morgan fingerprint density at radius 1 is 1.44 bits per heavy atom. The molecule has 1 N–H and O–H groups in total. The van der Waals surface area contributed by atoms with Crippen molar-refractivity contribution in [3.63, 3.8) is 0 Å². The molecule has 3 rings (SSSR count). The van der Waals surface area contributed by atoms with E-state index in [-0.39, 0.29) is 5.60 Å². The number of rotatable bonds is 1. The fraction of sp³-hybridized carbons (Fsp3) is 0.714. The van der Waals surface area contributed by atoms with Crippen molar-refractivity contribution >= 4 is 11.3 Å². The molecule has 0 radical (unpaired) electrons. The molecule has 4 heteroatoms. The van der Waals surface area contributed by atoms with Crippen molar-refractivity contribution in [2.45, 2.75) is 30.9 Å². The number of morpholine rings is 1. The maximum absolute atomic E-state index is 6.29. The number of nitrogens with one attached hydrogen (secondary N) is 1. The van der Waals surface area contributed by atoms with Gasteiger partial charge in [-0.1, -0.05) is 0 Å². The van der Waals surface area contributed by atoms with Crippen molar-refractivity contribution in [2.24, 2.45) is 0 Å². The van der Waals surface area contributed by atoms with E-state index in [9.17, 15) is 0 Å². The fourth-order valence-electron chi connectivity index (χ4n) is 3.29. The molecule has 0 saturated carbocycles. The normalized spacial score (nSPS) is 34.6. The molecule has 2 atom stereocenters. The molecular weight excluding hydrogens is 244 g/mol. The highest BCUT2D eigenvalue weighted by Gasteiger charge is 2.43. The molecule has 0 amide bonds. The highest BCUT2D eigenvalue weighted by atomic mass is 32.1. The van der Waals surface area contributed by atoms with Crippen molar-refractivity contribution in [2.75, 3.05) is 33.3 Å². The molecule has 100 valence electrons. The van der Waals surface area contributed by atoms with Gasteiger partial charge < -0.3 is 15.0 Å². The van der Waals surface area contributed by atoms with E-state index >= 15 is 0 Å². The molecule has 0 aromatic carbocycles. The van der Waals surface area contributed by atoms with Gasteiger partial charge in [-0.05, 0) is 55.2 Å². The van der Waals surface area contributed by atoms with Crippen molar-refractivity contribution in [3.8, 4) is 0 Å². The quantitative estimate of drug-likeness (QED) is 0.844. The van der Waals surface area contributed by atoms with Crippen molar-refractivity contribution in [1.82, 2.24) is 10.2 Å². The van der Waals surface area contributed by atoms with Crippen molar-refractivity contribution in [1.29, 1.82) is 0 Å². The average molecular weight is 266 g/mol. The molecule has 18 heavy (non-hydrogen) atoms. The molecule has 3 nitrogen and oxygen atoms in total. The zero-order chi connectivity index (χ0) is 12.4. The standard InChI is InChI=1S/C14H22N2OS/c1-16-7-2-4-14(5-8-16)13(15-6-9-17-14)12-3-10-18-11-12/h3,10-11,13,15H,2,4-9H2,1H3. The van der Waals surface area contributed by atoms with E-state index in [1.165, 1.54) is 24.9 Å². The summed E-state index contributed by atoms with van der Waals surface area (Å²) in [4.78, 5) is 2.43. The summed E-state index contributed by atoms with van der Waals surface area (Å²) in [6.07, 6.45) is 3.54. The Balaban J connectivity index is 1.86. The maximum Gasteiger partial charge on any atom is 0.0889 e. The number of hydrogen-bond donors (Lipinski definition) is 1. The Morgan fingerprint density at radius 3 is 3.22 bits per heavy atom. The van der Waals surface area contributed by atoms with Gasteiger partial charge in [0.15, 0.2) is 0 Å². The van der Waals surface area contributed by atoms with Crippen LogP contribution in [0.4, 0.5) is 0 Å². The number of ether oxygens (including phenoxy) is 1. The molecule has 3 heterocycles. The minimum atomic E-state index is 0.0179. The Morgan fingerprint density at radius 2 is 2.39 bits per heavy atom. The van der Waals surface area contributed by atoms with Crippen molar-refractivity contribution in [3.05, 3.63) is 22.4 Å². The van der Waals surface area contributed by atoms with E-state index in [1.54, 1.807) is 11.3 Å². The van der Waals surface area contributed by atoms with Gasteiger partial charge in [0.25, 0.3) is 0 Å². The van der Waals surface area contributed by atoms with E-state index in [0.29, 0.717) is 6.04 Å². The topological polar surface area (TPSA) is 24.5 Å². The number of hydrogen-bond acceptors (Lipinski definition) is 4. The summed E-state index contributed by atoms with van der Waals surface area (Å²) in [5, 5.41) is 8.12. The lowest BCUT2D eigenvalue weighted by atomic mass is 9.82. The van der Waals surface area contributed by atoms with Gasteiger partial charge in [-0.2, -0.15) is 11.3 Å². The Hall–Kier alpha value is -0.420. The Bertz CT molecular complexity index is 381.